The number of nitrogens with zero attached hydrogens (tertiary/aromatic N) is 4. The standard InChI is InChI=1S/C15H13N5O4S/c21-20(22)13-2-4-14(5-3-13)25(23,24)18-11-12-6-8-16-15(10-12)19-9-1-7-17-19/h1-10,18H,11H2. The third kappa shape index (κ3) is 3.87. The van der Waals surface area contributed by atoms with E-state index in [0.717, 1.165) is 12.1 Å². The van der Waals surface area contributed by atoms with E-state index in [9.17, 15) is 18.5 Å². The van der Waals surface area contributed by atoms with Crippen molar-refractivity contribution in [3.8, 4) is 5.82 Å². The number of nitrogens with one attached hydrogen (secondary N) is 1. The van der Waals surface area contributed by atoms with Crippen LogP contribution in [0, 0.1) is 10.1 Å². The Labute approximate surface area is 143 Å². The first-order chi connectivity index (χ1) is 12.0. The summed E-state index contributed by atoms with van der Waals surface area (Å²) in [5, 5.41) is 14.7. The SMILES string of the molecule is O=[N+]([O-])c1ccc(S(=O)(=O)NCc2ccnc(-n3cccn3)c2)cc1. The van der Waals surface area contributed by atoms with Crippen molar-refractivity contribution in [3.05, 3.63) is 76.7 Å². The van der Waals surface area contributed by atoms with Crippen molar-refractivity contribution < 1.29 is 13.3 Å². The van der Waals surface area contributed by atoms with Crippen LogP contribution in [-0.4, -0.2) is 28.1 Å². The number of hydrogen-bond acceptors (Lipinski definition) is 6. The zero-order valence-corrected chi connectivity index (χ0v) is 13.6. The van der Waals surface area contributed by atoms with Crippen LogP contribution in [0.5, 0.6) is 0 Å². The fourth-order valence-electron chi connectivity index (χ4n) is 2.11. The highest BCUT2D eigenvalue weighted by molar-refractivity contribution is 7.89. The van der Waals surface area contributed by atoms with E-state index < -0.39 is 14.9 Å². The van der Waals surface area contributed by atoms with E-state index in [4.69, 9.17) is 0 Å². The molecule has 2 heterocycles. The molecular formula is C15H13N5O4S. The number of rotatable bonds is 6. The summed E-state index contributed by atoms with van der Waals surface area (Å²) in [6, 6.07) is 9.85. The highest BCUT2D eigenvalue weighted by Gasteiger charge is 2.15. The van der Waals surface area contributed by atoms with Gasteiger partial charge in [-0.1, -0.05) is 0 Å². The maximum Gasteiger partial charge on any atom is 0.269 e. The summed E-state index contributed by atoms with van der Waals surface area (Å²) in [6.45, 7) is 0.0517. The first-order valence-corrected chi connectivity index (χ1v) is 8.63. The molecule has 0 aliphatic carbocycles. The number of hydrogen-bond donors (Lipinski definition) is 1. The van der Waals surface area contributed by atoms with Gasteiger partial charge >= 0.3 is 0 Å². The summed E-state index contributed by atoms with van der Waals surface area (Å²) in [5.41, 5.74) is 0.530. The van der Waals surface area contributed by atoms with Crippen molar-refractivity contribution >= 4 is 15.7 Å². The van der Waals surface area contributed by atoms with Crippen molar-refractivity contribution in [1.29, 1.82) is 0 Å². The van der Waals surface area contributed by atoms with Crippen LogP contribution in [0.3, 0.4) is 0 Å². The normalized spacial score (nSPS) is 11.4. The van der Waals surface area contributed by atoms with Gasteiger partial charge < -0.3 is 0 Å². The fraction of sp³-hybridized carbons (Fsp3) is 0.0667. The fourth-order valence-corrected chi connectivity index (χ4v) is 3.13. The molecule has 0 fully saturated rings. The Hall–Kier alpha value is -3.11. The molecule has 0 radical (unpaired) electrons. The molecule has 1 aromatic carbocycles. The summed E-state index contributed by atoms with van der Waals surface area (Å²) in [4.78, 5) is 14.2. The summed E-state index contributed by atoms with van der Waals surface area (Å²) in [6.07, 6.45) is 4.91. The van der Waals surface area contributed by atoms with Gasteiger partial charge in [0, 0.05) is 37.3 Å². The van der Waals surface area contributed by atoms with Gasteiger partial charge in [0.05, 0.1) is 9.82 Å². The highest BCUT2D eigenvalue weighted by atomic mass is 32.2. The molecule has 0 saturated heterocycles. The lowest BCUT2D eigenvalue weighted by Crippen LogP contribution is -2.23. The van der Waals surface area contributed by atoms with Gasteiger partial charge in [-0.2, -0.15) is 5.10 Å². The van der Waals surface area contributed by atoms with Gasteiger partial charge in [0.15, 0.2) is 5.82 Å². The molecule has 0 aliphatic rings. The second-order valence-electron chi connectivity index (χ2n) is 5.05. The van der Waals surface area contributed by atoms with E-state index >= 15 is 0 Å². The van der Waals surface area contributed by atoms with Crippen LogP contribution in [-0.2, 0) is 16.6 Å². The van der Waals surface area contributed by atoms with Gasteiger partial charge in [-0.15, -0.1) is 0 Å². The third-order valence-corrected chi connectivity index (χ3v) is 4.79. The van der Waals surface area contributed by atoms with Crippen molar-refractivity contribution in [2.75, 3.05) is 0 Å². The zero-order chi connectivity index (χ0) is 17.9. The van der Waals surface area contributed by atoms with Gasteiger partial charge in [-0.3, -0.25) is 10.1 Å². The van der Waals surface area contributed by atoms with Gasteiger partial charge in [-0.05, 0) is 35.9 Å². The minimum atomic E-state index is -3.78. The number of benzene rings is 1. The van der Waals surface area contributed by atoms with Crippen LogP contribution in [0.2, 0.25) is 0 Å². The molecule has 9 nitrogen and oxygen atoms in total. The Morgan fingerprint density at radius 3 is 2.56 bits per heavy atom. The number of sulfonamides is 1. The molecule has 0 saturated carbocycles. The Morgan fingerprint density at radius 1 is 1.16 bits per heavy atom. The van der Waals surface area contributed by atoms with Crippen LogP contribution in [0.1, 0.15) is 5.56 Å². The number of nitro benzene ring substituents is 1. The minimum absolute atomic E-state index is 0.0422. The van der Waals surface area contributed by atoms with E-state index in [1.807, 2.05) is 0 Å². The molecule has 128 valence electrons. The molecule has 2 aromatic heterocycles. The molecule has 0 amide bonds. The Bertz CT molecular complexity index is 985. The zero-order valence-electron chi connectivity index (χ0n) is 12.8. The Morgan fingerprint density at radius 2 is 1.92 bits per heavy atom. The summed E-state index contributed by atoms with van der Waals surface area (Å²) in [7, 11) is -3.78. The van der Waals surface area contributed by atoms with Gasteiger partial charge in [0.1, 0.15) is 0 Å². The number of pyridine rings is 1. The minimum Gasteiger partial charge on any atom is -0.258 e. The molecule has 0 atom stereocenters. The van der Waals surface area contributed by atoms with Crippen molar-refractivity contribution in [3.63, 3.8) is 0 Å². The average Bonchev–Trinajstić information content (AvgIpc) is 3.15. The van der Waals surface area contributed by atoms with Gasteiger partial charge in [0.25, 0.3) is 5.69 Å². The van der Waals surface area contributed by atoms with Crippen LogP contribution < -0.4 is 4.72 Å². The van der Waals surface area contributed by atoms with E-state index in [2.05, 4.69) is 14.8 Å². The lowest BCUT2D eigenvalue weighted by Gasteiger charge is -2.08. The molecule has 10 heteroatoms. The predicted molar refractivity (Wildman–Crippen MR) is 88.5 cm³/mol. The number of nitro groups is 1. The quantitative estimate of drug-likeness (QED) is 0.528. The molecule has 3 aromatic rings. The molecular weight excluding hydrogens is 346 g/mol. The molecule has 1 N–H and O–H groups in total. The van der Waals surface area contributed by atoms with Gasteiger partial charge in [0.2, 0.25) is 10.0 Å². The first-order valence-electron chi connectivity index (χ1n) is 7.15. The topological polar surface area (TPSA) is 120 Å². The largest absolute Gasteiger partial charge is 0.269 e. The van der Waals surface area contributed by atoms with E-state index in [1.165, 1.54) is 12.1 Å². The highest BCUT2D eigenvalue weighted by Crippen LogP contribution is 2.16. The van der Waals surface area contributed by atoms with Gasteiger partial charge in [-0.25, -0.2) is 22.8 Å². The van der Waals surface area contributed by atoms with Crippen LogP contribution in [0.15, 0.2) is 66.0 Å². The lowest BCUT2D eigenvalue weighted by atomic mass is 10.2. The van der Waals surface area contributed by atoms with Crippen molar-refractivity contribution in [2.24, 2.45) is 0 Å². The Balaban J connectivity index is 1.74. The molecule has 0 aliphatic heterocycles. The maximum atomic E-state index is 12.3. The predicted octanol–water partition coefficient (Wildman–Crippen LogP) is 1.65. The summed E-state index contributed by atoms with van der Waals surface area (Å²) in [5.74, 6) is 0.567. The molecule has 0 spiro atoms. The van der Waals surface area contributed by atoms with E-state index in [0.29, 0.717) is 11.4 Å². The second-order valence-corrected chi connectivity index (χ2v) is 6.82. The average molecular weight is 359 g/mol. The summed E-state index contributed by atoms with van der Waals surface area (Å²) < 4.78 is 28.6. The van der Waals surface area contributed by atoms with Crippen LogP contribution >= 0.6 is 0 Å². The van der Waals surface area contributed by atoms with Crippen LogP contribution in [0.4, 0.5) is 5.69 Å². The van der Waals surface area contributed by atoms with E-state index in [1.54, 1.807) is 41.5 Å². The Kier molecular flexibility index (Phi) is 4.55. The second kappa shape index (κ2) is 6.79. The molecule has 0 unspecified atom stereocenters. The van der Waals surface area contributed by atoms with Crippen molar-refractivity contribution in [2.45, 2.75) is 11.4 Å². The van der Waals surface area contributed by atoms with Crippen molar-refractivity contribution in [1.82, 2.24) is 19.5 Å². The molecule has 3 rings (SSSR count). The number of aromatic nitrogens is 3. The smallest absolute Gasteiger partial charge is 0.258 e. The molecule has 25 heavy (non-hydrogen) atoms. The number of non-ortho nitro benzene ring substituents is 1. The first kappa shape index (κ1) is 16.7. The maximum absolute atomic E-state index is 12.3. The summed E-state index contributed by atoms with van der Waals surface area (Å²) >= 11 is 0. The van der Waals surface area contributed by atoms with Crippen LogP contribution in [0.25, 0.3) is 5.82 Å². The monoisotopic (exact) mass is 359 g/mol. The lowest BCUT2D eigenvalue weighted by molar-refractivity contribution is -0.384. The molecule has 0 bridgehead atoms. The van der Waals surface area contributed by atoms with E-state index in [-0.39, 0.29) is 17.1 Å². The third-order valence-electron chi connectivity index (χ3n) is 3.37.